The molecule has 2 radical (unpaired) electrons. The van der Waals surface area contributed by atoms with Crippen molar-refractivity contribution in [3.63, 3.8) is 0 Å². The smallest absolute Gasteiger partial charge is 0.191 e. The van der Waals surface area contributed by atoms with Gasteiger partial charge in [0.25, 0.3) is 0 Å². The van der Waals surface area contributed by atoms with Crippen molar-refractivity contribution < 1.29 is 9.53 Å². The lowest BCUT2D eigenvalue weighted by atomic mass is 9.85. The molecule has 3 atom stereocenters. The summed E-state index contributed by atoms with van der Waals surface area (Å²) in [5.41, 5.74) is 0. The van der Waals surface area contributed by atoms with E-state index in [9.17, 15) is 5.11 Å². The Kier molecular flexibility index (Phi) is 4.30. The minimum atomic E-state index is -1.68. The summed E-state index contributed by atoms with van der Waals surface area (Å²) >= 11 is 0. The Morgan fingerprint density at radius 3 is 2.25 bits per heavy atom. The van der Waals surface area contributed by atoms with Crippen LogP contribution in [0.15, 0.2) is 0 Å². The molecule has 0 aromatic carbocycles. The molecule has 1 saturated carbocycles. The average molecular weight is 240 g/mol. The van der Waals surface area contributed by atoms with E-state index in [2.05, 4.69) is 33.9 Å². The Morgan fingerprint density at radius 1 is 1.31 bits per heavy atom. The summed E-state index contributed by atoms with van der Waals surface area (Å²) in [5.74, 6) is 0.396. The highest BCUT2D eigenvalue weighted by Gasteiger charge is 2.39. The van der Waals surface area contributed by atoms with Crippen molar-refractivity contribution in [1.29, 1.82) is 0 Å². The maximum atomic E-state index is 9.81. The molecule has 2 nitrogen and oxygen atoms in total. The quantitative estimate of drug-likeness (QED) is 0.768. The van der Waals surface area contributed by atoms with Crippen molar-refractivity contribution in [3.8, 4) is 0 Å². The van der Waals surface area contributed by atoms with Gasteiger partial charge in [0.05, 0.1) is 14.0 Å². The van der Waals surface area contributed by atoms with Gasteiger partial charge in [-0.15, -0.1) is 0 Å². The van der Waals surface area contributed by atoms with Crippen LogP contribution in [0.5, 0.6) is 0 Å². The standard InChI is InChI=1S/C12H25BO2Si/c1-12(2,3)16(4,5)15-8-9-6-10(13)7-11(9)14/h9-11,14H,6-8H2,1-5H3. The molecule has 0 bridgehead atoms. The van der Waals surface area contributed by atoms with E-state index in [0.29, 0.717) is 6.61 Å². The molecule has 0 spiro atoms. The van der Waals surface area contributed by atoms with Crippen LogP contribution in [0.2, 0.25) is 23.9 Å². The zero-order valence-electron chi connectivity index (χ0n) is 11.3. The third-order valence-corrected chi connectivity index (χ3v) is 8.66. The molecule has 0 saturated heterocycles. The first kappa shape index (κ1) is 14.3. The molecule has 4 heteroatoms. The molecule has 92 valence electrons. The molecule has 0 aromatic heterocycles. The normalized spacial score (nSPS) is 32.0. The summed E-state index contributed by atoms with van der Waals surface area (Å²) in [6, 6.07) is 0. The molecule has 0 heterocycles. The zero-order valence-corrected chi connectivity index (χ0v) is 12.3. The van der Waals surface area contributed by atoms with Crippen LogP contribution in [0, 0.1) is 5.92 Å². The Balaban J connectivity index is 2.46. The van der Waals surface area contributed by atoms with Crippen LogP contribution in [-0.2, 0) is 4.43 Å². The third-order valence-electron chi connectivity index (χ3n) is 4.16. The van der Waals surface area contributed by atoms with E-state index in [-0.39, 0.29) is 22.9 Å². The van der Waals surface area contributed by atoms with Crippen LogP contribution < -0.4 is 0 Å². The van der Waals surface area contributed by atoms with Gasteiger partial charge in [-0.3, -0.25) is 0 Å². The van der Waals surface area contributed by atoms with Crippen molar-refractivity contribution in [3.05, 3.63) is 0 Å². The van der Waals surface area contributed by atoms with Crippen molar-refractivity contribution in [2.45, 2.75) is 63.7 Å². The molecule has 1 aliphatic rings. The molecule has 16 heavy (non-hydrogen) atoms. The SMILES string of the molecule is [B]C1CC(O)C(CO[Si](C)(C)C(C)(C)C)C1. The second kappa shape index (κ2) is 4.83. The highest BCUT2D eigenvalue weighted by molar-refractivity contribution is 6.74. The Labute approximate surface area is 102 Å². The Hall–Kier alpha value is 0.202. The lowest BCUT2D eigenvalue weighted by molar-refractivity contribution is 0.0939. The van der Waals surface area contributed by atoms with Crippen LogP contribution >= 0.6 is 0 Å². The Morgan fingerprint density at radius 2 is 1.88 bits per heavy atom. The van der Waals surface area contributed by atoms with Crippen molar-refractivity contribution >= 4 is 16.2 Å². The van der Waals surface area contributed by atoms with Gasteiger partial charge in [0, 0.05) is 12.5 Å². The number of rotatable bonds is 3. The van der Waals surface area contributed by atoms with Gasteiger partial charge in [0.2, 0.25) is 0 Å². The van der Waals surface area contributed by atoms with Crippen LogP contribution in [-0.4, -0.2) is 34.0 Å². The minimum Gasteiger partial charge on any atom is -0.416 e. The van der Waals surface area contributed by atoms with Gasteiger partial charge >= 0.3 is 0 Å². The number of hydrogen-bond donors (Lipinski definition) is 1. The summed E-state index contributed by atoms with van der Waals surface area (Å²) in [6.45, 7) is 11.9. The maximum Gasteiger partial charge on any atom is 0.191 e. The van der Waals surface area contributed by atoms with Crippen molar-refractivity contribution in [2.24, 2.45) is 5.92 Å². The molecule has 1 fully saturated rings. The molecular formula is C12H25BO2Si. The minimum absolute atomic E-state index is 0.156. The highest BCUT2D eigenvalue weighted by Crippen LogP contribution is 2.39. The highest BCUT2D eigenvalue weighted by atomic mass is 28.4. The Bertz CT molecular complexity index is 238. The number of aliphatic hydroxyl groups excluding tert-OH is 1. The molecule has 0 aliphatic heterocycles. The lowest BCUT2D eigenvalue weighted by Gasteiger charge is -2.37. The maximum absolute atomic E-state index is 9.81. The number of aliphatic hydroxyl groups is 1. The van der Waals surface area contributed by atoms with Gasteiger partial charge in [-0.2, -0.15) is 0 Å². The van der Waals surface area contributed by atoms with E-state index < -0.39 is 8.32 Å². The van der Waals surface area contributed by atoms with Crippen molar-refractivity contribution in [1.82, 2.24) is 0 Å². The molecular weight excluding hydrogens is 215 g/mol. The molecule has 3 unspecified atom stereocenters. The molecule has 1 aliphatic carbocycles. The van der Waals surface area contributed by atoms with Crippen LogP contribution in [0.25, 0.3) is 0 Å². The van der Waals surface area contributed by atoms with E-state index in [4.69, 9.17) is 12.3 Å². The number of hydrogen-bond acceptors (Lipinski definition) is 2. The van der Waals surface area contributed by atoms with Gasteiger partial charge in [-0.25, -0.2) is 0 Å². The summed E-state index contributed by atoms with van der Waals surface area (Å²) in [4.78, 5) is 0. The summed E-state index contributed by atoms with van der Waals surface area (Å²) in [7, 11) is 4.16. The van der Waals surface area contributed by atoms with E-state index in [1.165, 1.54) is 0 Å². The first-order valence-corrected chi connectivity index (χ1v) is 9.12. The van der Waals surface area contributed by atoms with E-state index in [1.807, 2.05) is 0 Å². The van der Waals surface area contributed by atoms with E-state index in [0.717, 1.165) is 12.8 Å². The molecule has 1 N–H and O–H groups in total. The average Bonchev–Trinajstić information content (AvgIpc) is 2.39. The predicted octanol–water partition coefficient (Wildman–Crippen LogP) is 2.74. The molecule has 0 amide bonds. The fraction of sp³-hybridized carbons (Fsp3) is 1.00. The van der Waals surface area contributed by atoms with Crippen LogP contribution in [0.1, 0.15) is 33.6 Å². The summed E-state index contributed by atoms with van der Waals surface area (Å²) in [5, 5.41) is 10.0. The van der Waals surface area contributed by atoms with Gasteiger partial charge in [-0.05, 0) is 24.6 Å². The summed E-state index contributed by atoms with van der Waals surface area (Å²) in [6.07, 6.45) is 1.36. The van der Waals surface area contributed by atoms with Gasteiger partial charge in [0.1, 0.15) is 0 Å². The van der Waals surface area contributed by atoms with Gasteiger partial charge in [0.15, 0.2) is 8.32 Å². The fourth-order valence-corrected chi connectivity index (χ4v) is 2.92. The largest absolute Gasteiger partial charge is 0.416 e. The second-order valence-corrected chi connectivity index (χ2v) is 11.4. The first-order valence-electron chi connectivity index (χ1n) is 6.21. The first-order chi connectivity index (χ1) is 7.13. The molecule has 1 rings (SSSR count). The summed E-state index contributed by atoms with van der Waals surface area (Å²) < 4.78 is 6.12. The van der Waals surface area contributed by atoms with Crippen molar-refractivity contribution in [2.75, 3.05) is 6.61 Å². The second-order valence-electron chi connectivity index (χ2n) is 6.63. The topological polar surface area (TPSA) is 29.5 Å². The zero-order chi connectivity index (χ0) is 12.6. The monoisotopic (exact) mass is 240 g/mol. The van der Waals surface area contributed by atoms with Gasteiger partial charge in [-0.1, -0.05) is 33.0 Å². The lowest BCUT2D eigenvalue weighted by Crippen LogP contribution is -2.42. The fourth-order valence-electron chi connectivity index (χ4n) is 1.86. The third kappa shape index (κ3) is 3.35. The van der Waals surface area contributed by atoms with E-state index >= 15 is 0 Å². The van der Waals surface area contributed by atoms with Gasteiger partial charge < -0.3 is 9.53 Å². The van der Waals surface area contributed by atoms with Crippen LogP contribution in [0.3, 0.4) is 0 Å². The van der Waals surface area contributed by atoms with Crippen LogP contribution in [0.4, 0.5) is 0 Å². The predicted molar refractivity (Wildman–Crippen MR) is 71.4 cm³/mol. The van der Waals surface area contributed by atoms with E-state index in [1.54, 1.807) is 0 Å². The molecule has 0 aromatic rings.